The van der Waals surface area contributed by atoms with Crippen molar-refractivity contribution >= 4 is 43.1 Å². The van der Waals surface area contributed by atoms with E-state index in [1.807, 2.05) is 0 Å². The van der Waals surface area contributed by atoms with Gasteiger partial charge in [0, 0.05) is 10.8 Å². The smallest absolute Gasteiger partial charge is 0.0159 e. The van der Waals surface area contributed by atoms with Gasteiger partial charge in [-0.15, -0.1) is 0 Å². The minimum atomic E-state index is -0.191. The van der Waals surface area contributed by atoms with E-state index in [9.17, 15) is 0 Å². The fourth-order valence-corrected chi connectivity index (χ4v) is 11.8. The number of hydrogen-bond donors (Lipinski definition) is 0. The van der Waals surface area contributed by atoms with E-state index in [4.69, 9.17) is 0 Å². The molecule has 11 aromatic carbocycles. The molecule has 2 aliphatic rings. The molecule has 0 radical (unpaired) electrons. The Labute approximate surface area is 375 Å². The molecule has 0 bridgehead atoms. The predicted molar refractivity (Wildman–Crippen MR) is 273 cm³/mol. The van der Waals surface area contributed by atoms with Crippen LogP contribution in [0.1, 0.15) is 49.9 Å². The molecule has 2 aliphatic carbocycles. The molecule has 13 rings (SSSR count). The lowest BCUT2D eigenvalue weighted by molar-refractivity contribution is 0.660. The second kappa shape index (κ2) is 13.5. The van der Waals surface area contributed by atoms with E-state index in [0.717, 1.165) is 0 Å². The van der Waals surface area contributed by atoms with Crippen molar-refractivity contribution in [3.63, 3.8) is 0 Å². The quantitative estimate of drug-likeness (QED) is 0.155. The molecule has 0 heterocycles. The van der Waals surface area contributed by atoms with Crippen molar-refractivity contribution in [2.75, 3.05) is 0 Å². The second-order valence-corrected chi connectivity index (χ2v) is 19.2. The normalized spacial score (nSPS) is 14.2. The molecule has 0 N–H and O–H groups in total. The van der Waals surface area contributed by atoms with E-state index in [2.05, 4.69) is 234 Å². The van der Waals surface area contributed by atoms with Crippen LogP contribution >= 0.6 is 0 Å². The molecule has 0 unspecified atom stereocenters. The topological polar surface area (TPSA) is 0 Å². The van der Waals surface area contributed by atoms with Crippen molar-refractivity contribution in [1.29, 1.82) is 0 Å². The molecule has 0 aromatic heterocycles. The van der Waals surface area contributed by atoms with Crippen molar-refractivity contribution in [3.05, 3.63) is 229 Å². The number of rotatable bonds is 4. The molecule has 11 aromatic rings. The molecular weight excluding hydrogens is 769 g/mol. The largest absolute Gasteiger partial charge is 0.0619 e. The van der Waals surface area contributed by atoms with Gasteiger partial charge in [-0.1, -0.05) is 210 Å². The summed E-state index contributed by atoms with van der Waals surface area (Å²) in [6.45, 7) is 9.60. The van der Waals surface area contributed by atoms with Gasteiger partial charge in [-0.3, -0.25) is 0 Å². The third-order valence-corrected chi connectivity index (χ3v) is 15.1. The van der Waals surface area contributed by atoms with Crippen LogP contribution in [0.25, 0.3) is 110 Å². The Morgan fingerprint density at radius 2 is 0.594 bits per heavy atom. The summed E-state index contributed by atoms with van der Waals surface area (Å²) in [4.78, 5) is 0. The molecule has 0 heteroatoms. The summed E-state index contributed by atoms with van der Waals surface area (Å²) < 4.78 is 0. The number of fused-ring (bicyclic) bond motifs is 10. The number of hydrogen-bond acceptors (Lipinski definition) is 0. The molecule has 0 fully saturated rings. The highest BCUT2D eigenvalue weighted by Gasteiger charge is 2.37. The SMILES string of the molecule is CC1(C)c2ccccc2-c2ccc(-c3c4ccccc4c(-c4ccc5c(c4)C(C)(C)c4cc(-c6cccc7ccccc67)ccc4-5)c4ccc(-c5cccc6ccccc56)cc34)cc21. The fourth-order valence-electron chi connectivity index (χ4n) is 11.8. The van der Waals surface area contributed by atoms with E-state index >= 15 is 0 Å². The van der Waals surface area contributed by atoms with Gasteiger partial charge in [0.1, 0.15) is 0 Å². The van der Waals surface area contributed by atoms with Crippen LogP contribution in [-0.4, -0.2) is 0 Å². The molecule has 0 atom stereocenters. The molecule has 0 aliphatic heterocycles. The van der Waals surface area contributed by atoms with Gasteiger partial charge >= 0.3 is 0 Å². The van der Waals surface area contributed by atoms with Gasteiger partial charge < -0.3 is 0 Å². The Balaban J connectivity index is 1.04. The third kappa shape index (κ3) is 5.23. The Morgan fingerprint density at radius 3 is 1.17 bits per heavy atom. The van der Waals surface area contributed by atoms with Crippen LogP contribution in [0.4, 0.5) is 0 Å². The third-order valence-electron chi connectivity index (χ3n) is 15.1. The zero-order valence-corrected chi connectivity index (χ0v) is 36.6. The first kappa shape index (κ1) is 37.1. The maximum Gasteiger partial charge on any atom is 0.0159 e. The molecule has 302 valence electrons. The summed E-state index contributed by atoms with van der Waals surface area (Å²) in [5.74, 6) is 0. The average molecular weight is 815 g/mol. The lowest BCUT2D eigenvalue weighted by atomic mass is 9.79. The summed E-state index contributed by atoms with van der Waals surface area (Å²) in [6, 6.07) is 78.0. The molecule has 0 nitrogen and oxygen atoms in total. The van der Waals surface area contributed by atoms with Gasteiger partial charge in [0.15, 0.2) is 0 Å². The molecule has 0 saturated carbocycles. The monoisotopic (exact) mass is 814 g/mol. The average Bonchev–Trinajstić information content (AvgIpc) is 3.70. The second-order valence-electron chi connectivity index (χ2n) is 19.2. The van der Waals surface area contributed by atoms with Crippen molar-refractivity contribution in [1.82, 2.24) is 0 Å². The standard InChI is InChI=1S/C64H46/c1-63(2)57-26-12-11-21-49(57)50-32-30-44(38-59(50)63)62-54-23-10-9-22-53(54)61(55-34-28-41(35-56(55)62)47-24-13-17-39-15-5-7-19-45(39)47)43-29-33-52-51-31-27-42(36-58(51)64(3,4)60(52)37-43)48-25-14-18-40-16-6-8-20-46(40)48/h5-38H,1-4H3. The Kier molecular flexibility index (Phi) is 7.80. The summed E-state index contributed by atoms with van der Waals surface area (Å²) in [5.41, 5.74) is 20.8. The van der Waals surface area contributed by atoms with E-state index in [0.29, 0.717) is 0 Å². The van der Waals surface area contributed by atoms with Crippen LogP contribution in [0.15, 0.2) is 206 Å². The summed E-state index contributed by atoms with van der Waals surface area (Å²) in [6.07, 6.45) is 0. The Morgan fingerprint density at radius 1 is 0.234 bits per heavy atom. The van der Waals surface area contributed by atoms with E-state index in [-0.39, 0.29) is 10.8 Å². The number of benzene rings is 11. The Hall–Kier alpha value is -7.54. The first-order chi connectivity index (χ1) is 31.3. The van der Waals surface area contributed by atoms with Gasteiger partial charge in [-0.05, 0) is 156 Å². The van der Waals surface area contributed by atoms with Crippen LogP contribution in [0.3, 0.4) is 0 Å². The van der Waals surface area contributed by atoms with Crippen LogP contribution < -0.4 is 0 Å². The lowest BCUT2D eigenvalue weighted by Crippen LogP contribution is -2.15. The van der Waals surface area contributed by atoms with Crippen molar-refractivity contribution < 1.29 is 0 Å². The van der Waals surface area contributed by atoms with Crippen LogP contribution in [0.2, 0.25) is 0 Å². The molecule has 0 spiro atoms. The van der Waals surface area contributed by atoms with Gasteiger partial charge in [0.05, 0.1) is 0 Å². The Bertz CT molecular complexity index is 3770. The fraction of sp³-hybridized carbons (Fsp3) is 0.0938. The van der Waals surface area contributed by atoms with Crippen molar-refractivity contribution in [2.45, 2.75) is 38.5 Å². The zero-order chi connectivity index (χ0) is 42.9. The van der Waals surface area contributed by atoms with E-state index < -0.39 is 0 Å². The van der Waals surface area contributed by atoms with Gasteiger partial charge in [-0.2, -0.15) is 0 Å². The summed E-state index contributed by atoms with van der Waals surface area (Å²) in [5, 5.41) is 10.2. The highest BCUT2D eigenvalue weighted by Crippen LogP contribution is 2.54. The van der Waals surface area contributed by atoms with E-state index in [1.165, 1.54) is 132 Å². The highest BCUT2D eigenvalue weighted by molar-refractivity contribution is 6.22. The van der Waals surface area contributed by atoms with Gasteiger partial charge in [0.2, 0.25) is 0 Å². The summed E-state index contributed by atoms with van der Waals surface area (Å²) in [7, 11) is 0. The minimum Gasteiger partial charge on any atom is -0.0619 e. The van der Waals surface area contributed by atoms with E-state index in [1.54, 1.807) is 0 Å². The van der Waals surface area contributed by atoms with Crippen LogP contribution in [-0.2, 0) is 10.8 Å². The maximum atomic E-state index is 2.52. The van der Waals surface area contributed by atoms with Crippen molar-refractivity contribution in [3.8, 4) is 66.8 Å². The van der Waals surface area contributed by atoms with Crippen molar-refractivity contribution in [2.24, 2.45) is 0 Å². The molecule has 64 heavy (non-hydrogen) atoms. The van der Waals surface area contributed by atoms with Gasteiger partial charge in [0.25, 0.3) is 0 Å². The predicted octanol–water partition coefficient (Wildman–Crippen LogP) is 17.6. The highest BCUT2D eigenvalue weighted by atomic mass is 14.4. The van der Waals surface area contributed by atoms with Crippen LogP contribution in [0, 0.1) is 0 Å². The van der Waals surface area contributed by atoms with Gasteiger partial charge in [-0.25, -0.2) is 0 Å². The summed E-state index contributed by atoms with van der Waals surface area (Å²) >= 11 is 0. The molecular formula is C64H46. The van der Waals surface area contributed by atoms with Crippen LogP contribution in [0.5, 0.6) is 0 Å². The first-order valence-electron chi connectivity index (χ1n) is 22.7. The zero-order valence-electron chi connectivity index (χ0n) is 36.6. The molecule has 0 amide bonds. The first-order valence-corrected chi connectivity index (χ1v) is 22.7. The molecule has 0 saturated heterocycles. The lowest BCUT2D eigenvalue weighted by Gasteiger charge is -2.24. The maximum absolute atomic E-state index is 2.52. The minimum absolute atomic E-state index is 0.105.